The number of aromatic amines is 1. The Balaban J connectivity index is 1.60. The van der Waals surface area contributed by atoms with Gasteiger partial charge in [0.15, 0.2) is 0 Å². The Morgan fingerprint density at radius 3 is 2.88 bits per heavy atom. The molecular formula is C19H21N5O. The van der Waals surface area contributed by atoms with Gasteiger partial charge in [-0.05, 0) is 42.8 Å². The van der Waals surface area contributed by atoms with Gasteiger partial charge in [-0.2, -0.15) is 0 Å². The van der Waals surface area contributed by atoms with Crippen LogP contribution in [-0.2, 0) is 12.0 Å². The van der Waals surface area contributed by atoms with Crippen LogP contribution in [0.1, 0.15) is 35.1 Å². The molecule has 1 aromatic carbocycles. The molecule has 128 valence electrons. The summed E-state index contributed by atoms with van der Waals surface area (Å²) in [5.74, 6) is 0.480. The molecule has 2 aromatic heterocycles. The van der Waals surface area contributed by atoms with Crippen LogP contribution in [0.15, 0.2) is 42.7 Å². The quantitative estimate of drug-likeness (QED) is 0.765. The number of primary amides is 1. The molecule has 1 amide bonds. The van der Waals surface area contributed by atoms with E-state index >= 15 is 0 Å². The number of hydrogen-bond donors (Lipinski definition) is 2. The Labute approximate surface area is 146 Å². The van der Waals surface area contributed by atoms with Gasteiger partial charge in [0.2, 0.25) is 0 Å². The van der Waals surface area contributed by atoms with Crippen molar-refractivity contribution in [1.82, 2.24) is 19.9 Å². The summed E-state index contributed by atoms with van der Waals surface area (Å²) in [6.45, 7) is 5.06. The molecule has 0 bridgehead atoms. The molecular weight excluding hydrogens is 314 g/mol. The third-order valence-electron chi connectivity index (χ3n) is 5.06. The summed E-state index contributed by atoms with van der Waals surface area (Å²) in [7, 11) is 0. The molecule has 1 atom stereocenters. The van der Waals surface area contributed by atoms with Gasteiger partial charge in [0, 0.05) is 30.9 Å². The largest absolute Gasteiger partial charge is 0.366 e. The van der Waals surface area contributed by atoms with Crippen molar-refractivity contribution in [3.8, 4) is 0 Å². The van der Waals surface area contributed by atoms with E-state index in [4.69, 9.17) is 10.7 Å². The summed E-state index contributed by atoms with van der Waals surface area (Å²) in [6.07, 6.45) is 4.67. The molecule has 1 fully saturated rings. The van der Waals surface area contributed by atoms with Crippen molar-refractivity contribution < 1.29 is 4.79 Å². The van der Waals surface area contributed by atoms with Crippen molar-refractivity contribution in [2.24, 2.45) is 5.73 Å². The Morgan fingerprint density at radius 2 is 2.12 bits per heavy atom. The maximum atomic E-state index is 11.6. The summed E-state index contributed by atoms with van der Waals surface area (Å²) in [5.41, 5.74) is 8.67. The molecule has 0 radical (unpaired) electrons. The Kier molecular flexibility index (Phi) is 3.77. The first-order chi connectivity index (χ1) is 12.0. The van der Waals surface area contributed by atoms with Crippen molar-refractivity contribution in [2.75, 3.05) is 13.1 Å². The number of imidazole rings is 1. The van der Waals surface area contributed by atoms with Crippen molar-refractivity contribution in [3.63, 3.8) is 0 Å². The van der Waals surface area contributed by atoms with Crippen molar-refractivity contribution in [2.45, 2.75) is 25.3 Å². The molecule has 1 unspecified atom stereocenters. The van der Waals surface area contributed by atoms with E-state index in [9.17, 15) is 4.79 Å². The number of benzene rings is 1. The Hall–Kier alpha value is -2.73. The number of carbonyl (C=O) groups excluding carboxylic acids is 1. The van der Waals surface area contributed by atoms with Crippen LogP contribution < -0.4 is 5.73 Å². The number of aromatic nitrogens is 3. The van der Waals surface area contributed by atoms with Crippen LogP contribution >= 0.6 is 0 Å². The van der Waals surface area contributed by atoms with Crippen molar-refractivity contribution in [3.05, 3.63) is 59.7 Å². The number of nitrogens with zero attached hydrogens (tertiary/aromatic N) is 3. The summed E-state index contributed by atoms with van der Waals surface area (Å²) in [4.78, 5) is 26.3. The lowest BCUT2D eigenvalue weighted by atomic mass is 9.89. The first kappa shape index (κ1) is 15.8. The molecule has 3 heterocycles. The van der Waals surface area contributed by atoms with E-state index in [1.54, 1.807) is 6.07 Å². The molecule has 6 nitrogen and oxygen atoms in total. The van der Waals surface area contributed by atoms with Gasteiger partial charge in [-0.3, -0.25) is 14.7 Å². The number of rotatable bonds is 4. The van der Waals surface area contributed by atoms with E-state index in [1.807, 2.05) is 24.5 Å². The molecule has 0 saturated carbocycles. The number of fused-ring (bicyclic) bond motifs is 1. The second-order valence-electron chi connectivity index (χ2n) is 7.03. The standard InChI is InChI=1S/C19H21N5O/c1-19(7-10-24(12-19)11-13-5-8-21-9-6-13)18-22-15-4-2-3-14(17(20)25)16(15)23-18/h2-6,8-9H,7,10-12H2,1H3,(H2,20,25)(H,22,23). The number of carbonyl (C=O) groups is 1. The molecule has 3 N–H and O–H groups in total. The second kappa shape index (κ2) is 5.97. The second-order valence-corrected chi connectivity index (χ2v) is 7.03. The SMILES string of the molecule is CC1(c2nc3c(C(N)=O)cccc3[nH]2)CCN(Cc2ccncc2)C1. The van der Waals surface area contributed by atoms with Crippen molar-refractivity contribution in [1.29, 1.82) is 0 Å². The Bertz CT molecular complexity index is 920. The summed E-state index contributed by atoms with van der Waals surface area (Å²) in [5, 5.41) is 0. The molecule has 6 heteroatoms. The lowest BCUT2D eigenvalue weighted by Crippen LogP contribution is -2.29. The number of nitrogens with two attached hydrogens (primary N) is 1. The number of likely N-dealkylation sites (tertiary alicyclic amines) is 1. The first-order valence-electron chi connectivity index (χ1n) is 8.45. The maximum Gasteiger partial charge on any atom is 0.250 e. The van der Waals surface area contributed by atoms with Crippen LogP contribution in [0.3, 0.4) is 0 Å². The molecule has 1 aliphatic rings. The van der Waals surface area contributed by atoms with Gasteiger partial charge in [-0.15, -0.1) is 0 Å². The molecule has 1 saturated heterocycles. The minimum absolute atomic E-state index is 0.0685. The number of para-hydroxylation sites is 1. The number of hydrogen-bond acceptors (Lipinski definition) is 4. The number of pyridine rings is 1. The first-order valence-corrected chi connectivity index (χ1v) is 8.45. The van der Waals surface area contributed by atoms with E-state index in [1.165, 1.54) is 5.56 Å². The minimum atomic E-state index is -0.445. The van der Waals surface area contributed by atoms with Crippen LogP contribution in [0, 0.1) is 0 Å². The third-order valence-corrected chi connectivity index (χ3v) is 5.06. The number of nitrogens with one attached hydrogen (secondary N) is 1. The highest BCUT2D eigenvalue weighted by molar-refractivity contribution is 6.04. The zero-order valence-corrected chi connectivity index (χ0v) is 14.2. The van der Waals surface area contributed by atoms with E-state index < -0.39 is 5.91 Å². The molecule has 3 aromatic rings. The average molecular weight is 335 g/mol. The van der Waals surface area contributed by atoms with Gasteiger partial charge in [0.1, 0.15) is 11.3 Å². The lowest BCUT2D eigenvalue weighted by Gasteiger charge is -2.22. The van der Waals surface area contributed by atoms with E-state index in [-0.39, 0.29) is 5.41 Å². The highest BCUT2D eigenvalue weighted by Crippen LogP contribution is 2.34. The highest BCUT2D eigenvalue weighted by atomic mass is 16.1. The van der Waals surface area contributed by atoms with Gasteiger partial charge < -0.3 is 10.7 Å². The average Bonchev–Trinajstić information content (AvgIpc) is 3.20. The molecule has 0 spiro atoms. The minimum Gasteiger partial charge on any atom is -0.366 e. The van der Waals surface area contributed by atoms with E-state index in [2.05, 4.69) is 33.9 Å². The predicted octanol–water partition coefficient (Wildman–Crippen LogP) is 2.22. The number of amides is 1. The van der Waals surface area contributed by atoms with Crippen LogP contribution in [-0.4, -0.2) is 38.8 Å². The van der Waals surface area contributed by atoms with Crippen LogP contribution in [0.25, 0.3) is 11.0 Å². The van der Waals surface area contributed by atoms with Gasteiger partial charge in [0.05, 0.1) is 11.1 Å². The zero-order chi connectivity index (χ0) is 17.4. The summed E-state index contributed by atoms with van der Waals surface area (Å²) < 4.78 is 0. The van der Waals surface area contributed by atoms with Crippen LogP contribution in [0.5, 0.6) is 0 Å². The van der Waals surface area contributed by atoms with E-state index in [0.29, 0.717) is 11.1 Å². The smallest absolute Gasteiger partial charge is 0.250 e. The zero-order valence-electron chi connectivity index (χ0n) is 14.2. The fourth-order valence-electron chi connectivity index (χ4n) is 3.65. The van der Waals surface area contributed by atoms with Gasteiger partial charge >= 0.3 is 0 Å². The molecule has 25 heavy (non-hydrogen) atoms. The Morgan fingerprint density at radius 1 is 1.32 bits per heavy atom. The van der Waals surface area contributed by atoms with E-state index in [0.717, 1.165) is 37.4 Å². The van der Waals surface area contributed by atoms with Crippen LogP contribution in [0.4, 0.5) is 0 Å². The fourth-order valence-corrected chi connectivity index (χ4v) is 3.65. The highest BCUT2D eigenvalue weighted by Gasteiger charge is 2.38. The predicted molar refractivity (Wildman–Crippen MR) is 96.1 cm³/mol. The topological polar surface area (TPSA) is 87.9 Å². The van der Waals surface area contributed by atoms with Gasteiger partial charge in [-0.25, -0.2) is 4.98 Å². The normalized spacial score (nSPS) is 21.0. The van der Waals surface area contributed by atoms with Crippen LogP contribution in [0.2, 0.25) is 0 Å². The molecule has 4 rings (SSSR count). The summed E-state index contributed by atoms with van der Waals surface area (Å²) in [6, 6.07) is 9.59. The maximum absolute atomic E-state index is 11.6. The monoisotopic (exact) mass is 335 g/mol. The lowest BCUT2D eigenvalue weighted by molar-refractivity contribution is 0.100. The fraction of sp³-hybridized carbons (Fsp3) is 0.316. The van der Waals surface area contributed by atoms with Gasteiger partial charge in [-0.1, -0.05) is 13.0 Å². The molecule has 1 aliphatic heterocycles. The number of H-pyrrole nitrogens is 1. The van der Waals surface area contributed by atoms with Crippen molar-refractivity contribution >= 4 is 16.9 Å². The van der Waals surface area contributed by atoms with Gasteiger partial charge in [0.25, 0.3) is 5.91 Å². The third kappa shape index (κ3) is 2.89. The molecule has 0 aliphatic carbocycles. The summed E-state index contributed by atoms with van der Waals surface area (Å²) >= 11 is 0.